The van der Waals surface area contributed by atoms with Crippen LogP contribution in [-0.2, 0) is 5.60 Å². The van der Waals surface area contributed by atoms with E-state index in [1.165, 1.54) is 12.8 Å². The highest BCUT2D eigenvalue weighted by molar-refractivity contribution is 6.42. The molecular weight excluding hydrogens is 385 g/mol. The van der Waals surface area contributed by atoms with Crippen molar-refractivity contribution in [2.75, 3.05) is 5.32 Å². The summed E-state index contributed by atoms with van der Waals surface area (Å²) in [4.78, 5) is 8.91. The lowest BCUT2D eigenvalue weighted by Gasteiger charge is -2.23. The summed E-state index contributed by atoms with van der Waals surface area (Å²) in [6.07, 6.45) is 2.40. The lowest BCUT2D eigenvalue weighted by molar-refractivity contribution is 0.0921. The molecule has 4 rings (SSSR count). The van der Waals surface area contributed by atoms with E-state index in [2.05, 4.69) is 25.5 Å². The SMILES string of the molecule is Cc1cc(Nc2cc(C3CC3)[nH]n2)nc(C(C)(O)c2ccc(Cl)c(Cl)c2)n1. The molecule has 1 fully saturated rings. The zero-order valence-corrected chi connectivity index (χ0v) is 16.4. The number of rotatable bonds is 5. The minimum Gasteiger partial charge on any atom is -0.377 e. The number of anilines is 2. The number of nitrogens with zero attached hydrogens (tertiary/aromatic N) is 3. The number of aromatic nitrogens is 4. The highest BCUT2D eigenvalue weighted by Crippen LogP contribution is 2.39. The Kier molecular flexibility index (Phi) is 4.58. The predicted molar refractivity (Wildman–Crippen MR) is 106 cm³/mol. The van der Waals surface area contributed by atoms with Gasteiger partial charge >= 0.3 is 0 Å². The second-order valence-electron chi connectivity index (χ2n) is 7.03. The Labute approximate surface area is 167 Å². The van der Waals surface area contributed by atoms with Crippen LogP contribution in [0.5, 0.6) is 0 Å². The molecule has 6 nitrogen and oxygen atoms in total. The van der Waals surface area contributed by atoms with Crippen molar-refractivity contribution in [2.24, 2.45) is 0 Å². The summed E-state index contributed by atoms with van der Waals surface area (Å²) in [5.74, 6) is 2.11. The molecule has 1 atom stereocenters. The fraction of sp³-hybridized carbons (Fsp3) is 0.316. The molecule has 1 saturated carbocycles. The molecule has 1 aliphatic carbocycles. The van der Waals surface area contributed by atoms with E-state index < -0.39 is 5.60 Å². The summed E-state index contributed by atoms with van der Waals surface area (Å²) >= 11 is 12.1. The molecule has 27 heavy (non-hydrogen) atoms. The van der Waals surface area contributed by atoms with Crippen molar-refractivity contribution >= 4 is 34.8 Å². The Balaban J connectivity index is 1.64. The van der Waals surface area contributed by atoms with Crippen molar-refractivity contribution in [3.05, 3.63) is 63.2 Å². The van der Waals surface area contributed by atoms with E-state index in [0.29, 0.717) is 33.2 Å². The Morgan fingerprint density at radius 2 is 1.89 bits per heavy atom. The quantitative estimate of drug-likeness (QED) is 0.574. The van der Waals surface area contributed by atoms with E-state index in [1.54, 1.807) is 31.2 Å². The molecule has 3 aromatic rings. The maximum atomic E-state index is 11.1. The van der Waals surface area contributed by atoms with E-state index in [9.17, 15) is 5.11 Å². The van der Waals surface area contributed by atoms with Gasteiger partial charge in [0.25, 0.3) is 0 Å². The Morgan fingerprint density at radius 3 is 2.59 bits per heavy atom. The van der Waals surface area contributed by atoms with Crippen LogP contribution < -0.4 is 5.32 Å². The van der Waals surface area contributed by atoms with Gasteiger partial charge in [0.05, 0.1) is 10.0 Å². The Bertz CT molecular complexity index is 998. The summed E-state index contributed by atoms with van der Waals surface area (Å²) < 4.78 is 0. The minimum atomic E-state index is -1.43. The van der Waals surface area contributed by atoms with Crippen molar-refractivity contribution in [1.82, 2.24) is 20.2 Å². The van der Waals surface area contributed by atoms with E-state index >= 15 is 0 Å². The summed E-state index contributed by atoms with van der Waals surface area (Å²) in [5.41, 5.74) is 0.984. The third-order valence-corrected chi connectivity index (χ3v) is 5.38. The molecule has 2 heterocycles. The molecular formula is C19H19Cl2N5O. The summed E-state index contributed by atoms with van der Waals surface area (Å²) in [5, 5.41) is 22.4. The topological polar surface area (TPSA) is 86.7 Å². The van der Waals surface area contributed by atoms with E-state index in [0.717, 1.165) is 11.4 Å². The number of hydrogen-bond donors (Lipinski definition) is 3. The van der Waals surface area contributed by atoms with Crippen LogP contribution in [0.15, 0.2) is 30.3 Å². The number of halogens is 2. The Morgan fingerprint density at radius 1 is 1.11 bits per heavy atom. The van der Waals surface area contributed by atoms with Gasteiger partial charge in [-0.05, 0) is 44.4 Å². The first-order valence-electron chi connectivity index (χ1n) is 8.69. The van der Waals surface area contributed by atoms with Crippen LogP contribution in [0.4, 0.5) is 11.6 Å². The van der Waals surface area contributed by atoms with Crippen molar-refractivity contribution < 1.29 is 5.11 Å². The van der Waals surface area contributed by atoms with E-state index in [4.69, 9.17) is 23.2 Å². The van der Waals surface area contributed by atoms with Crippen molar-refractivity contribution in [1.29, 1.82) is 0 Å². The second kappa shape index (κ2) is 6.78. The minimum absolute atomic E-state index is 0.265. The number of H-pyrrole nitrogens is 1. The zero-order chi connectivity index (χ0) is 19.2. The lowest BCUT2D eigenvalue weighted by atomic mass is 9.95. The van der Waals surface area contributed by atoms with Gasteiger partial charge in [-0.3, -0.25) is 5.10 Å². The van der Waals surface area contributed by atoms with Crippen molar-refractivity contribution in [2.45, 2.75) is 38.2 Å². The number of aliphatic hydroxyl groups is 1. The lowest BCUT2D eigenvalue weighted by Crippen LogP contribution is -2.26. The molecule has 0 saturated heterocycles. The van der Waals surface area contributed by atoms with Crippen LogP contribution in [0.1, 0.15) is 48.5 Å². The fourth-order valence-electron chi connectivity index (χ4n) is 2.91. The number of nitrogens with one attached hydrogen (secondary N) is 2. The van der Waals surface area contributed by atoms with Crippen molar-refractivity contribution in [3.8, 4) is 0 Å². The molecule has 0 aliphatic heterocycles. The molecule has 0 bridgehead atoms. The molecule has 0 spiro atoms. The van der Waals surface area contributed by atoms with Gasteiger partial charge in [-0.1, -0.05) is 29.3 Å². The first kappa shape index (κ1) is 18.2. The number of aryl methyl sites for hydroxylation is 1. The molecule has 1 unspecified atom stereocenters. The highest BCUT2D eigenvalue weighted by atomic mass is 35.5. The standard InChI is InChI=1S/C19H19Cl2N5O/c1-10-7-16(23-17-9-15(25-26-17)11-3-4-11)24-18(22-10)19(2,27)12-5-6-13(20)14(21)8-12/h5-9,11,27H,3-4H2,1-2H3,(H2,22,23,24,25,26). The van der Waals surface area contributed by atoms with Gasteiger partial charge in [0, 0.05) is 29.4 Å². The fourth-order valence-corrected chi connectivity index (χ4v) is 3.21. The number of hydrogen-bond acceptors (Lipinski definition) is 5. The monoisotopic (exact) mass is 403 g/mol. The van der Waals surface area contributed by atoms with Gasteiger partial charge in [-0.2, -0.15) is 5.10 Å². The maximum Gasteiger partial charge on any atom is 0.166 e. The Hall–Kier alpha value is -2.15. The molecule has 2 aromatic heterocycles. The third kappa shape index (κ3) is 3.78. The maximum absolute atomic E-state index is 11.1. The summed E-state index contributed by atoms with van der Waals surface area (Å²) in [6, 6.07) is 8.78. The zero-order valence-electron chi connectivity index (χ0n) is 14.9. The molecule has 140 valence electrons. The van der Waals surface area contributed by atoms with Gasteiger partial charge in [0.1, 0.15) is 11.4 Å². The van der Waals surface area contributed by atoms with Crippen molar-refractivity contribution in [3.63, 3.8) is 0 Å². The van der Waals surface area contributed by atoms with Gasteiger partial charge in [-0.15, -0.1) is 0 Å². The van der Waals surface area contributed by atoms with Gasteiger partial charge in [0.2, 0.25) is 0 Å². The number of benzene rings is 1. The second-order valence-corrected chi connectivity index (χ2v) is 7.84. The first-order valence-corrected chi connectivity index (χ1v) is 9.45. The summed E-state index contributed by atoms with van der Waals surface area (Å²) in [6.45, 7) is 3.48. The van der Waals surface area contributed by atoms with E-state index in [1.807, 2.05) is 13.0 Å². The average molecular weight is 404 g/mol. The molecule has 0 amide bonds. The molecule has 1 aromatic carbocycles. The highest BCUT2D eigenvalue weighted by Gasteiger charge is 2.30. The van der Waals surface area contributed by atoms with Crippen LogP contribution >= 0.6 is 23.2 Å². The smallest absolute Gasteiger partial charge is 0.166 e. The van der Waals surface area contributed by atoms with Crippen LogP contribution in [0.3, 0.4) is 0 Å². The molecule has 8 heteroatoms. The average Bonchev–Trinajstić information content (AvgIpc) is 3.36. The van der Waals surface area contributed by atoms with E-state index in [-0.39, 0.29) is 5.82 Å². The third-order valence-electron chi connectivity index (χ3n) is 4.64. The van der Waals surface area contributed by atoms with Gasteiger partial charge in [-0.25, -0.2) is 9.97 Å². The first-order chi connectivity index (χ1) is 12.8. The van der Waals surface area contributed by atoms with Gasteiger partial charge < -0.3 is 10.4 Å². The van der Waals surface area contributed by atoms with Crippen LogP contribution in [0.25, 0.3) is 0 Å². The summed E-state index contributed by atoms with van der Waals surface area (Å²) in [7, 11) is 0. The largest absolute Gasteiger partial charge is 0.377 e. The van der Waals surface area contributed by atoms with Crippen LogP contribution in [0.2, 0.25) is 10.0 Å². The number of aromatic amines is 1. The van der Waals surface area contributed by atoms with Crippen LogP contribution in [0, 0.1) is 6.92 Å². The predicted octanol–water partition coefficient (Wildman–Crippen LogP) is 4.69. The molecule has 3 N–H and O–H groups in total. The van der Waals surface area contributed by atoms with Crippen LogP contribution in [-0.4, -0.2) is 25.3 Å². The normalized spacial score (nSPS) is 16.2. The van der Waals surface area contributed by atoms with Gasteiger partial charge in [0.15, 0.2) is 11.6 Å². The molecule has 1 aliphatic rings. The molecule has 0 radical (unpaired) electrons.